The van der Waals surface area contributed by atoms with E-state index in [0.29, 0.717) is 0 Å². The van der Waals surface area contributed by atoms with Crippen molar-refractivity contribution in [2.24, 2.45) is 0 Å². The van der Waals surface area contributed by atoms with Crippen LogP contribution in [0.3, 0.4) is 0 Å². The largest absolute Gasteiger partial charge is 0.295 e. The molecule has 0 unspecified atom stereocenters. The maximum atomic E-state index is 5.39. The highest BCUT2D eigenvalue weighted by Crippen LogP contribution is 2.60. The van der Waals surface area contributed by atoms with Gasteiger partial charge in [0.25, 0.3) is 0 Å². The Morgan fingerprint density at radius 2 is 0.641 bits per heavy atom. The lowest BCUT2D eigenvalue weighted by Gasteiger charge is -2.48. The molecule has 64 heavy (non-hydrogen) atoms. The van der Waals surface area contributed by atoms with Crippen molar-refractivity contribution in [2.75, 3.05) is 0 Å². The van der Waals surface area contributed by atoms with Gasteiger partial charge < -0.3 is 0 Å². The van der Waals surface area contributed by atoms with Crippen LogP contribution in [0.4, 0.5) is 0 Å². The van der Waals surface area contributed by atoms with Crippen molar-refractivity contribution in [2.45, 2.75) is 22.7 Å². The first-order valence-electron chi connectivity index (χ1n) is 22.1. The summed E-state index contributed by atoms with van der Waals surface area (Å²) in [5, 5.41) is 0. The molecule has 6 aliphatic rings. The number of aromatic nitrogens is 4. The normalized spacial score (nSPS) is 20.1. The van der Waals surface area contributed by atoms with Gasteiger partial charge in [0.05, 0.1) is 22.2 Å². The van der Waals surface area contributed by atoms with E-state index in [1.165, 1.54) is 66.8 Å². The fourth-order valence-electron chi connectivity index (χ4n) is 12.3. The molecule has 6 aliphatic carbocycles. The van der Waals surface area contributed by atoms with Crippen LogP contribution in [-0.4, -0.2) is 18.8 Å². The molecule has 11 aromatic rings. The van der Waals surface area contributed by atoms with Gasteiger partial charge >= 0.3 is 0 Å². The summed E-state index contributed by atoms with van der Waals surface area (Å²) in [6.45, 7) is 0. The molecule has 0 atom stereocenters. The van der Waals surface area contributed by atoms with E-state index >= 15 is 0 Å². The second-order valence-electron chi connectivity index (χ2n) is 17.6. The van der Waals surface area contributed by atoms with Crippen molar-refractivity contribution in [3.05, 3.63) is 272 Å². The average molecular weight is 811 g/mol. The molecule has 0 amide bonds. The molecule has 0 radical (unpaired) electrons. The predicted molar refractivity (Wildman–Crippen MR) is 253 cm³/mol. The number of hydrogen-bond acceptors (Lipinski definition) is 2. The summed E-state index contributed by atoms with van der Waals surface area (Å²) in [5.41, 5.74) is 21.4. The van der Waals surface area contributed by atoms with Crippen LogP contribution < -0.4 is 0 Å². The first kappa shape index (κ1) is 34.2. The van der Waals surface area contributed by atoms with Crippen LogP contribution in [0.25, 0.3) is 33.4 Å². The number of hydrogen-bond donors (Lipinski definition) is 0. The van der Waals surface area contributed by atoms with Crippen LogP contribution in [-0.2, 0) is 10.8 Å². The number of nitrogens with zero attached hydrogens (tertiary/aromatic N) is 4. The van der Waals surface area contributed by atoms with Gasteiger partial charge in [-0.15, -0.1) is 0 Å². The minimum Gasteiger partial charge on any atom is -0.295 e. The van der Waals surface area contributed by atoms with Crippen LogP contribution in [0.15, 0.2) is 194 Å². The minimum atomic E-state index is -0.617. The molecule has 294 valence electrons. The monoisotopic (exact) mass is 810 g/mol. The predicted octanol–water partition coefficient (Wildman–Crippen LogP) is 11.7. The highest BCUT2D eigenvalue weighted by Gasteiger charge is 2.52. The van der Waals surface area contributed by atoms with Crippen LogP contribution in [0, 0.1) is 23.7 Å². The Balaban J connectivity index is 0.921. The van der Waals surface area contributed by atoms with E-state index in [1.54, 1.807) is 0 Å². The highest BCUT2D eigenvalue weighted by atomic mass is 15.1. The number of imidazole rings is 2. The van der Waals surface area contributed by atoms with Gasteiger partial charge in [0.15, 0.2) is 11.3 Å². The second kappa shape index (κ2) is 12.1. The van der Waals surface area contributed by atoms with Gasteiger partial charge in [-0.05, 0) is 91.0 Å². The highest BCUT2D eigenvalue weighted by molar-refractivity contribution is 5.94. The van der Waals surface area contributed by atoms with Gasteiger partial charge in [0, 0.05) is 24.2 Å². The van der Waals surface area contributed by atoms with Gasteiger partial charge in [-0.2, -0.15) is 0 Å². The standard InChI is InChI=1S/C60H34N4/c1-7-23-45-39(17-1)53-40-18-2-8-24-46(40)59(45,47-25-9-3-19-41(47)53)33-31-37-15-13-29-51-55(37)61-57-58-62-56-38(16-14-30-52(56)64(58)36-35-63(51)57)32-34-60-48-26-10-4-20-42(48)54(43-21-5-11-27-49(43)60)44-22-6-12-28-50(44)60/h1-30,35-36,53-54H. The lowest BCUT2D eigenvalue weighted by Crippen LogP contribution is -2.41. The summed E-state index contributed by atoms with van der Waals surface area (Å²) >= 11 is 0. The fraction of sp³-hybridized carbons (Fsp3) is 0.0667. The summed E-state index contributed by atoms with van der Waals surface area (Å²) in [5.74, 6) is 15.8. The van der Waals surface area contributed by atoms with Crippen molar-refractivity contribution in [1.29, 1.82) is 0 Å². The topological polar surface area (TPSA) is 34.6 Å². The van der Waals surface area contributed by atoms with E-state index in [9.17, 15) is 0 Å². The Hall–Kier alpha value is -8.44. The van der Waals surface area contributed by atoms with Gasteiger partial charge in [0.1, 0.15) is 21.9 Å². The first-order chi connectivity index (χ1) is 31.7. The summed E-state index contributed by atoms with van der Waals surface area (Å²) in [6.07, 6.45) is 4.20. The Kier molecular flexibility index (Phi) is 6.48. The van der Waals surface area contributed by atoms with Crippen LogP contribution in [0.5, 0.6) is 0 Å². The molecule has 0 saturated carbocycles. The fourth-order valence-corrected chi connectivity index (χ4v) is 12.3. The minimum absolute atomic E-state index is 0.195. The molecular weight excluding hydrogens is 777 g/mol. The number of para-hydroxylation sites is 2. The Morgan fingerprint density at radius 1 is 0.344 bits per heavy atom. The molecule has 4 nitrogen and oxygen atoms in total. The molecule has 4 bridgehead atoms. The maximum absolute atomic E-state index is 5.39. The van der Waals surface area contributed by atoms with E-state index in [4.69, 9.17) is 9.97 Å². The van der Waals surface area contributed by atoms with Crippen molar-refractivity contribution in [1.82, 2.24) is 18.8 Å². The SMILES string of the molecule is C(#CC12c3ccccc3C(c3ccccc31)c1ccccc12)c1cccc2c1nc1c3nc4c(C#CC56c7ccccc7C(c7ccccc75)c5ccccc56)cccc4n3ccn21. The maximum Gasteiger partial charge on any atom is 0.182 e. The Labute approximate surface area is 369 Å². The summed E-state index contributed by atoms with van der Waals surface area (Å²) in [7, 11) is 0. The van der Waals surface area contributed by atoms with Crippen molar-refractivity contribution >= 4 is 33.4 Å². The zero-order chi connectivity index (χ0) is 41.7. The molecular formula is C60H34N4. The number of benzene rings is 8. The first-order valence-corrected chi connectivity index (χ1v) is 22.1. The molecule has 3 heterocycles. The lowest BCUT2D eigenvalue weighted by molar-refractivity contribution is 0.666. The number of fused-ring (bicyclic) bond motifs is 7. The third kappa shape index (κ3) is 4.07. The quantitative estimate of drug-likeness (QED) is 0.143. The van der Waals surface area contributed by atoms with Crippen LogP contribution >= 0.6 is 0 Å². The molecule has 4 heteroatoms. The van der Waals surface area contributed by atoms with E-state index in [-0.39, 0.29) is 11.8 Å². The zero-order valence-corrected chi connectivity index (χ0v) is 34.4. The third-order valence-corrected chi connectivity index (χ3v) is 14.8. The number of rotatable bonds is 0. The molecule has 0 saturated heterocycles. The van der Waals surface area contributed by atoms with Crippen molar-refractivity contribution < 1.29 is 0 Å². The third-order valence-electron chi connectivity index (χ3n) is 14.8. The molecule has 17 rings (SSSR count). The Bertz CT molecular complexity index is 3530. The van der Waals surface area contributed by atoms with E-state index in [0.717, 1.165) is 44.5 Å². The summed E-state index contributed by atoms with van der Waals surface area (Å²) in [4.78, 5) is 10.8. The van der Waals surface area contributed by atoms with Gasteiger partial charge in [-0.1, -0.05) is 181 Å². The molecule has 0 fully saturated rings. The average Bonchev–Trinajstić information content (AvgIpc) is 3.95. The molecule has 0 N–H and O–H groups in total. The van der Waals surface area contributed by atoms with Crippen molar-refractivity contribution in [3.8, 4) is 23.7 Å². The van der Waals surface area contributed by atoms with Gasteiger partial charge in [0.2, 0.25) is 0 Å². The zero-order valence-electron chi connectivity index (χ0n) is 34.4. The molecule has 8 aromatic carbocycles. The van der Waals surface area contributed by atoms with E-state index in [1.807, 2.05) is 0 Å². The summed E-state index contributed by atoms with van der Waals surface area (Å²) < 4.78 is 4.31. The molecule has 0 aliphatic heterocycles. The molecule has 3 aromatic heterocycles. The van der Waals surface area contributed by atoms with Crippen LogP contribution in [0.2, 0.25) is 0 Å². The Morgan fingerprint density at radius 3 is 0.953 bits per heavy atom. The second-order valence-corrected chi connectivity index (χ2v) is 17.6. The van der Waals surface area contributed by atoms with Gasteiger partial charge in [-0.3, -0.25) is 8.80 Å². The van der Waals surface area contributed by atoms with E-state index < -0.39 is 10.8 Å². The lowest BCUT2D eigenvalue weighted by atomic mass is 9.53. The van der Waals surface area contributed by atoms with Crippen LogP contribution in [0.1, 0.15) is 89.7 Å². The molecule has 0 spiro atoms. The van der Waals surface area contributed by atoms with Gasteiger partial charge in [-0.25, -0.2) is 9.97 Å². The smallest absolute Gasteiger partial charge is 0.182 e. The summed E-state index contributed by atoms with van der Waals surface area (Å²) in [6, 6.07) is 66.0. The van der Waals surface area contributed by atoms with E-state index in [2.05, 4.69) is 227 Å². The van der Waals surface area contributed by atoms with Crippen molar-refractivity contribution in [3.63, 3.8) is 0 Å².